The first-order valence-electron chi connectivity index (χ1n) is 5.67. The summed E-state index contributed by atoms with van der Waals surface area (Å²) in [5.41, 5.74) is 6.07. The lowest BCUT2D eigenvalue weighted by atomic mass is 10.1. The zero-order valence-electron chi connectivity index (χ0n) is 11.3. The van der Waals surface area contributed by atoms with Gasteiger partial charge < -0.3 is 24.5 Å². The average Bonchev–Trinajstić information content (AvgIpc) is 2.94. The summed E-state index contributed by atoms with van der Waals surface area (Å²) < 4.78 is 21.6. The Labute approximate surface area is 124 Å². The maximum atomic E-state index is 5.47. The number of hydrogen-bond donors (Lipinski definition) is 1. The van der Waals surface area contributed by atoms with Gasteiger partial charge in [-0.25, -0.2) is 0 Å². The van der Waals surface area contributed by atoms with Crippen molar-refractivity contribution in [2.75, 3.05) is 21.3 Å². The van der Waals surface area contributed by atoms with Crippen molar-refractivity contribution in [2.24, 2.45) is 5.73 Å². The van der Waals surface area contributed by atoms with E-state index in [2.05, 4.69) is 26.1 Å². The Morgan fingerprint density at radius 1 is 1.20 bits per heavy atom. The number of methoxy groups -OCH3 is 3. The SMILES string of the molecule is COc1cc(OC)c(-c2noc(CN)n2)c(Br)c1OC. The molecule has 2 rings (SSSR count). The molecule has 2 N–H and O–H groups in total. The van der Waals surface area contributed by atoms with Crippen LogP contribution in [0.4, 0.5) is 0 Å². The van der Waals surface area contributed by atoms with E-state index >= 15 is 0 Å². The summed E-state index contributed by atoms with van der Waals surface area (Å²) >= 11 is 3.45. The van der Waals surface area contributed by atoms with Crippen LogP contribution in [0.25, 0.3) is 11.4 Å². The van der Waals surface area contributed by atoms with Gasteiger partial charge in [-0.05, 0) is 15.9 Å². The third kappa shape index (κ3) is 2.44. The Hall–Kier alpha value is -1.80. The molecule has 0 saturated carbocycles. The first kappa shape index (κ1) is 14.6. The minimum Gasteiger partial charge on any atom is -0.496 e. The molecule has 1 aromatic heterocycles. The number of rotatable bonds is 5. The van der Waals surface area contributed by atoms with Crippen molar-refractivity contribution >= 4 is 15.9 Å². The molecule has 0 aliphatic carbocycles. The fraction of sp³-hybridized carbons (Fsp3) is 0.333. The van der Waals surface area contributed by atoms with Gasteiger partial charge in [-0.2, -0.15) is 4.98 Å². The molecular formula is C12H14BrN3O4. The molecule has 0 fully saturated rings. The molecule has 0 saturated heterocycles. The predicted octanol–water partition coefficient (Wildman–Crippen LogP) is 1.98. The van der Waals surface area contributed by atoms with E-state index in [9.17, 15) is 0 Å². The summed E-state index contributed by atoms with van der Waals surface area (Å²) in [6, 6.07) is 1.69. The van der Waals surface area contributed by atoms with E-state index in [4.69, 9.17) is 24.5 Å². The van der Waals surface area contributed by atoms with Gasteiger partial charge in [0.25, 0.3) is 0 Å². The molecule has 0 spiro atoms. The lowest BCUT2D eigenvalue weighted by Crippen LogP contribution is -1.98. The van der Waals surface area contributed by atoms with Crippen molar-refractivity contribution < 1.29 is 18.7 Å². The van der Waals surface area contributed by atoms with Gasteiger partial charge >= 0.3 is 0 Å². The van der Waals surface area contributed by atoms with Gasteiger partial charge in [-0.1, -0.05) is 5.16 Å². The van der Waals surface area contributed by atoms with Crippen LogP contribution in [0.15, 0.2) is 15.1 Å². The molecule has 0 unspecified atom stereocenters. The Balaban J connectivity index is 2.67. The molecule has 0 amide bonds. The van der Waals surface area contributed by atoms with Crippen LogP contribution >= 0.6 is 15.9 Å². The van der Waals surface area contributed by atoms with Crippen molar-refractivity contribution in [1.29, 1.82) is 0 Å². The van der Waals surface area contributed by atoms with Crippen molar-refractivity contribution in [1.82, 2.24) is 10.1 Å². The number of ether oxygens (including phenoxy) is 3. The highest BCUT2D eigenvalue weighted by Crippen LogP contribution is 2.46. The molecule has 7 nitrogen and oxygen atoms in total. The molecule has 0 bridgehead atoms. The third-order valence-corrected chi connectivity index (χ3v) is 3.42. The molecular weight excluding hydrogens is 330 g/mol. The van der Waals surface area contributed by atoms with E-state index < -0.39 is 0 Å². The quantitative estimate of drug-likeness (QED) is 0.886. The number of aromatic nitrogens is 2. The monoisotopic (exact) mass is 343 g/mol. The summed E-state index contributed by atoms with van der Waals surface area (Å²) in [6.07, 6.45) is 0. The van der Waals surface area contributed by atoms with Gasteiger partial charge in [0.2, 0.25) is 11.7 Å². The molecule has 2 aromatic rings. The Kier molecular flexibility index (Phi) is 4.46. The van der Waals surface area contributed by atoms with Gasteiger partial charge in [0, 0.05) is 6.07 Å². The second-order valence-corrected chi connectivity index (χ2v) is 4.51. The minimum atomic E-state index is 0.167. The average molecular weight is 344 g/mol. The molecule has 108 valence electrons. The van der Waals surface area contributed by atoms with E-state index in [0.29, 0.717) is 39.0 Å². The number of nitrogens with zero attached hydrogens (tertiary/aromatic N) is 2. The molecule has 1 heterocycles. The van der Waals surface area contributed by atoms with Crippen molar-refractivity contribution in [3.63, 3.8) is 0 Å². The maximum Gasteiger partial charge on any atom is 0.240 e. The van der Waals surface area contributed by atoms with Crippen LogP contribution in [0.5, 0.6) is 17.2 Å². The van der Waals surface area contributed by atoms with Crippen LogP contribution in [-0.4, -0.2) is 31.5 Å². The Morgan fingerprint density at radius 2 is 1.90 bits per heavy atom. The third-order valence-electron chi connectivity index (χ3n) is 2.66. The Morgan fingerprint density at radius 3 is 2.40 bits per heavy atom. The van der Waals surface area contributed by atoms with Crippen LogP contribution in [-0.2, 0) is 6.54 Å². The van der Waals surface area contributed by atoms with Crippen LogP contribution < -0.4 is 19.9 Å². The van der Waals surface area contributed by atoms with Gasteiger partial charge in [0.1, 0.15) is 5.75 Å². The highest BCUT2D eigenvalue weighted by molar-refractivity contribution is 9.10. The van der Waals surface area contributed by atoms with Crippen LogP contribution in [0.2, 0.25) is 0 Å². The zero-order chi connectivity index (χ0) is 14.7. The fourth-order valence-electron chi connectivity index (χ4n) is 1.74. The summed E-state index contributed by atoms with van der Waals surface area (Å²) in [6.45, 7) is 0.167. The summed E-state index contributed by atoms with van der Waals surface area (Å²) in [7, 11) is 4.63. The van der Waals surface area contributed by atoms with Crippen LogP contribution in [0, 0.1) is 0 Å². The minimum absolute atomic E-state index is 0.167. The molecule has 0 atom stereocenters. The number of halogens is 1. The molecule has 8 heteroatoms. The first-order chi connectivity index (χ1) is 9.65. The van der Waals surface area contributed by atoms with Gasteiger partial charge in [-0.3, -0.25) is 0 Å². The summed E-state index contributed by atoms with van der Waals surface area (Å²) in [5, 5.41) is 3.89. The van der Waals surface area contributed by atoms with E-state index in [1.165, 1.54) is 0 Å². The van der Waals surface area contributed by atoms with Crippen molar-refractivity contribution in [3.05, 3.63) is 16.4 Å². The topological polar surface area (TPSA) is 92.6 Å². The van der Waals surface area contributed by atoms with Gasteiger partial charge in [0.15, 0.2) is 11.5 Å². The van der Waals surface area contributed by atoms with Gasteiger partial charge in [0.05, 0.1) is 37.9 Å². The summed E-state index contributed by atoms with van der Waals surface area (Å²) in [4.78, 5) is 4.19. The maximum absolute atomic E-state index is 5.47. The largest absolute Gasteiger partial charge is 0.496 e. The highest BCUT2D eigenvalue weighted by atomic mass is 79.9. The summed E-state index contributed by atoms with van der Waals surface area (Å²) in [5.74, 6) is 2.27. The number of hydrogen-bond acceptors (Lipinski definition) is 7. The van der Waals surface area contributed by atoms with Crippen molar-refractivity contribution in [2.45, 2.75) is 6.54 Å². The standard InChI is InChI=1S/C12H14BrN3O4/c1-17-6-4-7(18-2)11(19-3)10(13)9(6)12-15-8(5-14)20-16-12/h4H,5,14H2,1-3H3. The zero-order valence-corrected chi connectivity index (χ0v) is 12.9. The predicted molar refractivity (Wildman–Crippen MR) is 75.0 cm³/mol. The smallest absolute Gasteiger partial charge is 0.240 e. The highest BCUT2D eigenvalue weighted by Gasteiger charge is 2.23. The van der Waals surface area contributed by atoms with E-state index in [1.54, 1.807) is 27.4 Å². The number of benzene rings is 1. The second kappa shape index (κ2) is 6.10. The normalized spacial score (nSPS) is 10.4. The fourth-order valence-corrected chi connectivity index (χ4v) is 2.47. The second-order valence-electron chi connectivity index (χ2n) is 3.72. The van der Waals surface area contributed by atoms with E-state index in [0.717, 1.165) is 0 Å². The molecule has 0 radical (unpaired) electrons. The molecule has 20 heavy (non-hydrogen) atoms. The molecule has 0 aliphatic heterocycles. The Bertz CT molecular complexity index is 615. The van der Waals surface area contributed by atoms with Crippen LogP contribution in [0.1, 0.15) is 5.89 Å². The molecule has 1 aromatic carbocycles. The van der Waals surface area contributed by atoms with E-state index in [1.807, 2.05) is 0 Å². The van der Waals surface area contributed by atoms with Crippen LogP contribution in [0.3, 0.4) is 0 Å². The van der Waals surface area contributed by atoms with E-state index in [-0.39, 0.29) is 6.54 Å². The lowest BCUT2D eigenvalue weighted by Gasteiger charge is -2.15. The van der Waals surface area contributed by atoms with Crippen molar-refractivity contribution in [3.8, 4) is 28.6 Å². The lowest BCUT2D eigenvalue weighted by molar-refractivity contribution is 0.347. The number of nitrogens with two attached hydrogens (primary N) is 1. The molecule has 0 aliphatic rings. The first-order valence-corrected chi connectivity index (χ1v) is 6.47. The van der Waals surface area contributed by atoms with Gasteiger partial charge in [-0.15, -0.1) is 0 Å².